The van der Waals surface area contributed by atoms with E-state index in [1.54, 1.807) is 0 Å². The first-order valence-electron chi connectivity index (χ1n) is 5.83. The van der Waals surface area contributed by atoms with Gasteiger partial charge in [-0.3, -0.25) is 4.79 Å². The Morgan fingerprint density at radius 1 is 1.13 bits per heavy atom. The molecule has 88 valence electrons. The molecule has 0 N–H and O–H groups in total. The van der Waals surface area contributed by atoms with E-state index in [-0.39, 0.29) is 22.9 Å². The number of hydrogen-bond donors (Lipinski definition) is 0. The van der Waals surface area contributed by atoms with Crippen molar-refractivity contribution in [2.45, 2.75) is 66.1 Å². The lowest BCUT2D eigenvalue weighted by Gasteiger charge is -2.30. The first-order valence-corrected chi connectivity index (χ1v) is 5.83. The highest BCUT2D eigenvalue weighted by atomic mass is 16.5. The molecular weight excluding hydrogens is 188 g/mol. The van der Waals surface area contributed by atoms with Gasteiger partial charge in [0.1, 0.15) is 6.10 Å². The van der Waals surface area contributed by atoms with Gasteiger partial charge >= 0.3 is 0 Å². The minimum absolute atomic E-state index is 0.190. The molecule has 1 atom stereocenters. The molecule has 1 aliphatic carbocycles. The van der Waals surface area contributed by atoms with Crippen LogP contribution in [-0.2, 0) is 9.53 Å². The summed E-state index contributed by atoms with van der Waals surface area (Å²) in [5, 5.41) is 0. The molecule has 0 spiro atoms. The van der Waals surface area contributed by atoms with Crippen molar-refractivity contribution in [2.24, 2.45) is 11.3 Å². The summed E-state index contributed by atoms with van der Waals surface area (Å²) in [5.74, 6) is 0.718. The van der Waals surface area contributed by atoms with E-state index >= 15 is 0 Å². The zero-order valence-electron chi connectivity index (χ0n) is 10.9. The summed E-state index contributed by atoms with van der Waals surface area (Å²) in [6.45, 7) is 11.9. The van der Waals surface area contributed by atoms with Crippen LogP contribution in [0.4, 0.5) is 0 Å². The Bertz CT molecular complexity index is 238. The van der Waals surface area contributed by atoms with Crippen LogP contribution in [0.15, 0.2) is 0 Å². The molecule has 1 fully saturated rings. The van der Waals surface area contributed by atoms with Crippen LogP contribution in [0, 0.1) is 11.3 Å². The Kier molecular flexibility index (Phi) is 3.30. The number of ketones is 1. The molecule has 0 aliphatic heterocycles. The van der Waals surface area contributed by atoms with Crippen molar-refractivity contribution in [3.63, 3.8) is 0 Å². The molecule has 1 rings (SSSR count). The molecule has 1 aliphatic rings. The maximum absolute atomic E-state index is 12.2. The van der Waals surface area contributed by atoms with Gasteiger partial charge in [-0.1, -0.05) is 20.8 Å². The molecular formula is C13H24O2. The van der Waals surface area contributed by atoms with Crippen LogP contribution in [0.25, 0.3) is 0 Å². The van der Waals surface area contributed by atoms with Gasteiger partial charge in [0.15, 0.2) is 5.78 Å². The molecule has 0 radical (unpaired) electrons. The fourth-order valence-electron chi connectivity index (χ4n) is 1.57. The smallest absolute Gasteiger partial charge is 0.167 e. The molecule has 0 aromatic carbocycles. The van der Waals surface area contributed by atoms with Crippen molar-refractivity contribution < 1.29 is 9.53 Å². The largest absolute Gasteiger partial charge is 0.365 e. The molecule has 0 saturated heterocycles. The molecule has 0 amide bonds. The third-order valence-electron chi connectivity index (χ3n) is 2.53. The standard InChI is InChI=1S/C13H24O2/c1-12(2,3)11(14)10(9-7-8-9)15-13(4,5)6/h9-10H,7-8H2,1-6H3. The number of Topliss-reactive ketones (excluding diaryl/α,β-unsaturated/α-hetero) is 1. The van der Waals surface area contributed by atoms with Crippen LogP contribution in [0.1, 0.15) is 54.4 Å². The Labute approximate surface area is 93.4 Å². The first-order chi connectivity index (χ1) is 6.61. The average Bonchev–Trinajstić information content (AvgIpc) is 2.77. The summed E-state index contributed by atoms with van der Waals surface area (Å²) in [7, 11) is 0. The van der Waals surface area contributed by atoms with E-state index in [1.165, 1.54) is 0 Å². The Morgan fingerprint density at radius 2 is 1.60 bits per heavy atom. The normalized spacial score (nSPS) is 20.1. The molecule has 0 bridgehead atoms. The van der Waals surface area contributed by atoms with Crippen molar-refractivity contribution >= 4 is 5.78 Å². The minimum atomic E-state index is -0.293. The van der Waals surface area contributed by atoms with Gasteiger partial charge in [-0.25, -0.2) is 0 Å². The number of carbonyl (C=O) groups excluding carboxylic acids is 1. The van der Waals surface area contributed by atoms with E-state index in [0.29, 0.717) is 5.92 Å². The van der Waals surface area contributed by atoms with Gasteiger partial charge in [0.25, 0.3) is 0 Å². The van der Waals surface area contributed by atoms with Gasteiger partial charge in [0.05, 0.1) is 5.60 Å². The van der Waals surface area contributed by atoms with Gasteiger partial charge in [0.2, 0.25) is 0 Å². The lowest BCUT2D eigenvalue weighted by molar-refractivity contribution is -0.150. The van der Waals surface area contributed by atoms with Gasteiger partial charge in [-0.05, 0) is 39.5 Å². The lowest BCUT2D eigenvalue weighted by Crippen LogP contribution is -2.40. The highest BCUT2D eigenvalue weighted by Crippen LogP contribution is 2.39. The maximum atomic E-state index is 12.2. The molecule has 0 heterocycles. The van der Waals surface area contributed by atoms with E-state index < -0.39 is 0 Å². The summed E-state index contributed by atoms with van der Waals surface area (Å²) in [6.07, 6.45) is 2.09. The molecule has 0 aromatic heterocycles. The average molecular weight is 212 g/mol. The fourth-order valence-corrected chi connectivity index (χ4v) is 1.57. The third kappa shape index (κ3) is 3.94. The van der Waals surface area contributed by atoms with Crippen LogP contribution in [0.5, 0.6) is 0 Å². The van der Waals surface area contributed by atoms with Gasteiger partial charge < -0.3 is 4.74 Å². The van der Waals surface area contributed by atoms with E-state index in [1.807, 2.05) is 41.5 Å². The second-order valence-corrected chi connectivity index (χ2v) is 6.60. The first kappa shape index (κ1) is 12.7. The van der Waals surface area contributed by atoms with Crippen LogP contribution >= 0.6 is 0 Å². The topological polar surface area (TPSA) is 26.3 Å². The summed E-state index contributed by atoms with van der Waals surface area (Å²) in [4.78, 5) is 12.2. The molecule has 2 nitrogen and oxygen atoms in total. The quantitative estimate of drug-likeness (QED) is 0.718. The van der Waals surface area contributed by atoms with E-state index in [4.69, 9.17) is 4.74 Å². The predicted octanol–water partition coefficient (Wildman–Crippen LogP) is 3.20. The van der Waals surface area contributed by atoms with Crippen molar-refractivity contribution in [3.05, 3.63) is 0 Å². The summed E-state index contributed by atoms with van der Waals surface area (Å²) >= 11 is 0. The summed E-state index contributed by atoms with van der Waals surface area (Å²) < 4.78 is 5.90. The number of ether oxygens (including phenoxy) is 1. The minimum Gasteiger partial charge on any atom is -0.365 e. The van der Waals surface area contributed by atoms with Crippen molar-refractivity contribution in [1.82, 2.24) is 0 Å². The number of carbonyl (C=O) groups is 1. The number of rotatable bonds is 3. The molecule has 0 aromatic rings. The SMILES string of the molecule is CC(C)(C)OC(C(=O)C(C)(C)C)C1CC1. The summed E-state index contributed by atoms with van der Waals surface area (Å²) in [6, 6.07) is 0. The lowest BCUT2D eigenvalue weighted by atomic mass is 9.85. The molecule has 1 unspecified atom stereocenters. The van der Waals surface area contributed by atoms with Gasteiger partial charge in [-0.15, -0.1) is 0 Å². The zero-order chi connectivity index (χ0) is 11.9. The molecule has 2 heteroatoms. The van der Waals surface area contributed by atoms with Gasteiger partial charge in [0, 0.05) is 5.41 Å². The maximum Gasteiger partial charge on any atom is 0.167 e. The predicted molar refractivity (Wildman–Crippen MR) is 61.8 cm³/mol. The number of hydrogen-bond acceptors (Lipinski definition) is 2. The van der Waals surface area contributed by atoms with Crippen LogP contribution in [0.2, 0.25) is 0 Å². The Balaban J connectivity index is 2.71. The van der Waals surface area contributed by atoms with Crippen molar-refractivity contribution in [2.75, 3.05) is 0 Å². The van der Waals surface area contributed by atoms with Crippen LogP contribution < -0.4 is 0 Å². The van der Waals surface area contributed by atoms with E-state index in [0.717, 1.165) is 12.8 Å². The van der Waals surface area contributed by atoms with E-state index in [2.05, 4.69) is 0 Å². The molecule has 15 heavy (non-hydrogen) atoms. The highest BCUT2D eigenvalue weighted by Gasteiger charge is 2.42. The second-order valence-electron chi connectivity index (χ2n) is 6.60. The highest BCUT2D eigenvalue weighted by molar-refractivity contribution is 5.88. The third-order valence-corrected chi connectivity index (χ3v) is 2.53. The van der Waals surface area contributed by atoms with Crippen molar-refractivity contribution in [1.29, 1.82) is 0 Å². The Hall–Kier alpha value is -0.370. The van der Waals surface area contributed by atoms with Crippen LogP contribution in [0.3, 0.4) is 0 Å². The monoisotopic (exact) mass is 212 g/mol. The van der Waals surface area contributed by atoms with E-state index in [9.17, 15) is 4.79 Å². The summed E-state index contributed by atoms with van der Waals surface area (Å²) in [5.41, 5.74) is -0.521. The van der Waals surface area contributed by atoms with Crippen LogP contribution in [-0.4, -0.2) is 17.5 Å². The van der Waals surface area contributed by atoms with Crippen molar-refractivity contribution in [3.8, 4) is 0 Å². The fraction of sp³-hybridized carbons (Fsp3) is 0.923. The zero-order valence-corrected chi connectivity index (χ0v) is 10.9. The van der Waals surface area contributed by atoms with Gasteiger partial charge in [-0.2, -0.15) is 0 Å². The molecule has 1 saturated carbocycles. The second kappa shape index (κ2) is 3.89. The Morgan fingerprint density at radius 3 is 1.87 bits per heavy atom.